The molecule has 0 N–H and O–H groups in total. The lowest BCUT2D eigenvalue weighted by atomic mass is 10.1. The molecule has 3 rings (SSSR count). The topological polar surface area (TPSA) is 43.3 Å². The van der Waals surface area contributed by atoms with Crippen LogP contribution < -0.4 is 14.2 Å². The molecule has 0 fully saturated rings. The van der Waals surface area contributed by atoms with E-state index in [1.807, 2.05) is 54.8 Å². The molecule has 3 aromatic carbocycles. The van der Waals surface area contributed by atoms with Gasteiger partial charge in [0.15, 0.2) is 5.17 Å². The first kappa shape index (κ1) is 22.6. The minimum Gasteiger partial charge on any atom is -0.497 e. The Bertz CT molecular complexity index is 939. The summed E-state index contributed by atoms with van der Waals surface area (Å²) in [4.78, 5) is 7.20. The number of hydrogen-bond acceptors (Lipinski definition) is 5. The molecule has 0 aliphatic rings. The van der Waals surface area contributed by atoms with Crippen LogP contribution in [0.15, 0.2) is 77.8 Å². The van der Waals surface area contributed by atoms with Crippen LogP contribution in [-0.4, -0.2) is 37.7 Å². The zero-order valence-electron chi connectivity index (χ0n) is 18.4. The van der Waals surface area contributed by atoms with Crippen molar-refractivity contribution < 1.29 is 14.2 Å². The van der Waals surface area contributed by atoms with Crippen molar-refractivity contribution in [3.05, 3.63) is 83.9 Å². The highest BCUT2D eigenvalue weighted by Gasteiger charge is 2.14. The first-order valence-electron chi connectivity index (χ1n) is 9.93. The highest BCUT2D eigenvalue weighted by atomic mass is 32.2. The van der Waals surface area contributed by atoms with Gasteiger partial charge in [-0.2, -0.15) is 0 Å². The molecule has 0 amide bonds. The fraction of sp³-hybridized carbons (Fsp3) is 0.240. The van der Waals surface area contributed by atoms with Gasteiger partial charge in [-0.15, -0.1) is 0 Å². The number of ether oxygens (including phenoxy) is 3. The predicted molar refractivity (Wildman–Crippen MR) is 129 cm³/mol. The Morgan fingerprint density at radius 1 is 0.742 bits per heavy atom. The lowest BCUT2D eigenvalue weighted by Crippen LogP contribution is -2.27. The van der Waals surface area contributed by atoms with Crippen LogP contribution in [0.25, 0.3) is 0 Å². The number of amidine groups is 1. The molecule has 0 radical (unpaired) electrons. The molecule has 0 aliphatic heterocycles. The number of methoxy groups -OCH3 is 3. The largest absolute Gasteiger partial charge is 0.497 e. The Hall–Kier alpha value is -3.12. The molecular formula is C25H28N2O3S. The molecule has 0 heterocycles. The number of benzene rings is 3. The molecule has 0 aliphatic carbocycles. The second kappa shape index (κ2) is 11.3. The van der Waals surface area contributed by atoms with Crippen molar-refractivity contribution in [3.8, 4) is 17.2 Å². The summed E-state index contributed by atoms with van der Waals surface area (Å²) in [6.45, 7) is 1.43. The molecule has 162 valence electrons. The van der Waals surface area contributed by atoms with Gasteiger partial charge in [-0.05, 0) is 53.8 Å². The lowest BCUT2D eigenvalue weighted by Gasteiger charge is -2.26. The molecule has 0 saturated carbocycles. The van der Waals surface area contributed by atoms with Crippen molar-refractivity contribution in [2.24, 2.45) is 4.99 Å². The van der Waals surface area contributed by atoms with Gasteiger partial charge in [-0.1, -0.05) is 48.2 Å². The quantitative estimate of drug-likeness (QED) is 0.331. The van der Waals surface area contributed by atoms with E-state index in [9.17, 15) is 0 Å². The normalized spacial score (nSPS) is 11.2. The van der Waals surface area contributed by atoms with Gasteiger partial charge in [0.2, 0.25) is 0 Å². The van der Waals surface area contributed by atoms with Gasteiger partial charge in [0.1, 0.15) is 22.9 Å². The maximum Gasteiger partial charge on any atom is 0.164 e. The minimum absolute atomic E-state index is 0.713. The van der Waals surface area contributed by atoms with Crippen LogP contribution in [0.5, 0.6) is 17.2 Å². The van der Waals surface area contributed by atoms with E-state index in [0.717, 1.165) is 28.1 Å². The zero-order chi connectivity index (χ0) is 22.1. The van der Waals surface area contributed by atoms with Crippen molar-refractivity contribution in [2.75, 3.05) is 27.6 Å². The summed E-state index contributed by atoms with van der Waals surface area (Å²) in [5, 5.41) is 0.913. The summed E-state index contributed by atoms with van der Waals surface area (Å²) in [5.41, 5.74) is 3.16. The summed E-state index contributed by atoms with van der Waals surface area (Å²) < 4.78 is 16.1. The number of rotatable bonds is 8. The molecular weight excluding hydrogens is 408 g/mol. The third-order valence-corrected chi connectivity index (χ3v) is 5.53. The van der Waals surface area contributed by atoms with Crippen LogP contribution in [0.1, 0.15) is 11.1 Å². The van der Waals surface area contributed by atoms with Gasteiger partial charge in [0, 0.05) is 13.1 Å². The monoisotopic (exact) mass is 436 g/mol. The molecule has 0 saturated heterocycles. The molecule has 31 heavy (non-hydrogen) atoms. The third kappa shape index (κ3) is 6.18. The Morgan fingerprint density at radius 3 is 1.71 bits per heavy atom. The third-order valence-electron chi connectivity index (χ3n) is 4.82. The van der Waals surface area contributed by atoms with Crippen LogP contribution in [-0.2, 0) is 13.1 Å². The summed E-state index contributed by atoms with van der Waals surface area (Å²) in [6, 6.07) is 24.1. The summed E-state index contributed by atoms with van der Waals surface area (Å²) in [5.74, 6) is 2.44. The fourth-order valence-electron chi connectivity index (χ4n) is 3.16. The van der Waals surface area contributed by atoms with E-state index >= 15 is 0 Å². The Balaban J connectivity index is 1.93. The maximum absolute atomic E-state index is 5.50. The molecule has 0 aromatic heterocycles. The molecule has 5 nitrogen and oxygen atoms in total. The molecule has 0 bridgehead atoms. The summed E-state index contributed by atoms with van der Waals surface area (Å²) in [6.07, 6.45) is 2.04. The van der Waals surface area contributed by atoms with Gasteiger partial charge < -0.3 is 19.1 Å². The number of nitrogens with zero attached hydrogens (tertiary/aromatic N) is 2. The number of thioether (sulfide) groups is 1. The standard InChI is InChI=1S/C25H28N2O3S/c1-28-21-13-9-19(10-14-21)17-27(18-20-11-15-22(29-2)16-12-20)25(31-4)26-23-7-5-6-8-24(23)30-3/h5-16H,17-18H2,1-4H3. The Kier molecular flexibility index (Phi) is 8.24. The van der Waals surface area contributed by atoms with Crippen molar-refractivity contribution in [3.63, 3.8) is 0 Å². The van der Waals surface area contributed by atoms with E-state index in [1.165, 1.54) is 11.1 Å². The number of hydrogen-bond donors (Lipinski definition) is 0. The predicted octanol–water partition coefficient (Wildman–Crippen LogP) is 5.77. The molecule has 0 spiro atoms. The van der Waals surface area contributed by atoms with Crippen LogP contribution in [0.2, 0.25) is 0 Å². The smallest absolute Gasteiger partial charge is 0.164 e. The van der Waals surface area contributed by atoms with Crippen LogP contribution in [0.4, 0.5) is 5.69 Å². The maximum atomic E-state index is 5.50. The lowest BCUT2D eigenvalue weighted by molar-refractivity contribution is 0.404. The van der Waals surface area contributed by atoms with Gasteiger partial charge >= 0.3 is 0 Å². The molecule has 0 atom stereocenters. The molecule has 3 aromatic rings. The first-order valence-corrected chi connectivity index (χ1v) is 11.2. The van der Waals surface area contributed by atoms with Gasteiger partial charge in [0.25, 0.3) is 0 Å². The van der Waals surface area contributed by atoms with Crippen molar-refractivity contribution in [1.29, 1.82) is 0 Å². The second-order valence-corrected chi connectivity index (χ2v) is 7.60. The van der Waals surface area contributed by atoms with Gasteiger partial charge in [-0.25, -0.2) is 4.99 Å². The molecule has 0 unspecified atom stereocenters. The highest BCUT2D eigenvalue weighted by molar-refractivity contribution is 8.13. The van der Waals surface area contributed by atoms with E-state index in [2.05, 4.69) is 29.2 Å². The van der Waals surface area contributed by atoms with E-state index in [0.29, 0.717) is 13.1 Å². The molecule has 6 heteroatoms. The average Bonchev–Trinajstić information content (AvgIpc) is 2.83. The number of para-hydroxylation sites is 2. The van der Waals surface area contributed by atoms with Crippen LogP contribution in [0, 0.1) is 0 Å². The fourth-order valence-corrected chi connectivity index (χ4v) is 3.74. The summed E-state index contributed by atoms with van der Waals surface area (Å²) >= 11 is 1.62. The van der Waals surface area contributed by atoms with E-state index < -0.39 is 0 Å². The van der Waals surface area contributed by atoms with Crippen LogP contribution >= 0.6 is 11.8 Å². The van der Waals surface area contributed by atoms with Crippen molar-refractivity contribution in [2.45, 2.75) is 13.1 Å². The van der Waals surface area contributed by atoms with Crippen molar-refractivity contribution >= 4 is 22.6 Å². The minimum atomic E-state index is 0.713. The first-order chi connectivity index (χ1) is 15.2. The van der Waals surface area contributed by atoms with E-state index in [1.54, 1.807) is 33.1 Å². The Labute approximate surface area is 188 Å². The van der Waals surface area contributed by atoms with Gasteiger partial charge in [-0.3, -0.25) is 0 Å². The Morgan fingerprint density at radius 2 is 1.26 bits per heavy atom. The number of aliphatic imine (C=N–C) groups is 1. The summed E-state index contributed by atoms with van der Waals surface area (Å²) in [7, 11) is 5.02. The average molecular weight is 437 g/mol. The van der Waals surface area contributed by atoms with Gasteiger partial charge in [0.05, 0.1) is 21.3 Å². The second-order valence-electron chi connectivity index (χ2n) is 6.82. The van der Waals surface area contributed by atoms with Crippen LogP contribution in [0.3, 0.4) is 0 Å². The van der Waals surface area contributed by atoms with E-state index in [-0.39, 0.29) is 0 Å². The van der Waals surface area contributed by atoms with E-state index in [4.69, 9.17) is 19.2 Å². The zero-order valence-corrected chi connectivity index (χ0v) is 19.2. The van der Waals surface area contributed by atoms with Crippen molar-refractivity contribution in [1.82, 2.24) is 4.90 Å². The highest BCUT2D eigenvalue weighted by Crippen LogP contribution is 2.29. The SMILES string of the molecule is COc1ccc(CN(Cc2ccc(OC)cc2)C(=Nc2ccccc2OC)SC)cc1.